The molecule has 4 aromatic rings. The summed E-state index contributed by atoms with van der Waals surface area (Å²) in [5.41, 5.74) is 5.26. The zero-order valence-electron chi connectivity index (χ0n) is 20.2. The number of carbonyl (C=O) groups excluding carboxylic acids is 2. The number of hydrogen-bond acceptors (Lipinski definition) is 5. The Balaban J connectivity index is 1.16. The summed E-state index contributed by atoms with van der Waals surface area (Å²) in [6.07, 6.45) is 2.29. The summed E-state index contributed by atoms with van der Waals surface area (Å²) in [7, 11) is 0. The van der Waals surface area contributed by atoms with Crippen molar-refractivity contribution >= 4 is 28.6 Å². The van der Waals surface area contributed by atoms with E-state index in [1.807, 2.05) is 72.8 Å². The zero-order valence-corrected chi connectivity index (χ0v) is 21.0. The molecule has 1 aliphatic heterocycles. The molecule has 0 spiro atoms. The first-order valence-electron chi connectivity index (χ1n) is 12.4. The fourth-order valence-electron chi connectivity index (χ4n) is 4.45. The van der Waals surface area contributed by atoms with Crippen molar-refractivity contribution in [1.29, 1.82) is 0 Å². The maximum Gasteiger partial charge on any atom is 0.193 e. The first-order valence-corrected chi connectivity index (χ1v) is 13.2. The number of rotatable bonds is 9. The molecule has 36 heavy (non-hydrogen) atoms. The van der Waals surface area contributed by atoms with E-state index in [1.54, 1.807) is 11.3 Å². The maximum absolute atomic E-state index is 12.9. The van der Waals surface area contributed by atoms with Gasteiger partial charge in [-0.05, 0) is 59.7 Å². The molecule has 1 fully saturated rings. The topological polar surface area (TPSA) is 46.6 Å². The number of nitrogens with zero attached hydrogens (tertiary/aromatic N) is 1. The van der Waals surface area contributed by atoms with Crippen LogP contribution in [0.15, 0.2) is 90.3 Å². The molecule has 3 aromatic carbocycles. The van der Waals surface area contributed by atoms with Crippen LogP contribution >= 0.6 is 11.3 Å². The highest BCUT2D eigenvalue weighted by molar-refractivity contribution is 7.09. The number of aryl methyl sites for hydroxylation is 2. The second-order valence-electron chi connectivity index (χ2n) is 9.05. The van der Waals surface area contributed by atoms with Crippen molar-refractivity contribution in [3.63, 3.8) is 0 Å². The predicted molar refractivity (Wildman–Crippen MR) is 146 cm³/mol. The summed E-state index contributed by atoms with van der Waals surface area (Å²) < 4.78 is 5.41. The van der Waals surface area contributed by atoms with Gasteiger partial charge in [0, 0.05) is 46.8 Å². The van der Waals surface area contributed by atoms with E-state index >= 15 is 0 Å². The molecule has 5 heteroatoms. The second-order valence-corrected chi connectivity index (χ2v) is 10.1. The van der Waals surface area contributed by atoms with Crippen LogP contribution in [0.4, 0.5) is 5.69 Å². The number of ketones is 2. The molecule has 1 aliphatic rings. The number of anilines is 1. The zero-order chi connectivity index (χ0) is 24.7. The quantitative estimate of drug-likeness (QED) is 0.266. The predicted octanol–water partition coefficient (Wildman–Crippen LogP) is 6.03. The van der Waals surface area contributed by atoms with Crippen molar-refractivity contribution in [3.05, 3.63) is 123 Å². The van der Waals surface area contributed by atoms with Gasteiger partial charge in [0.25, 0.3) is 0 Å². The summed E-state index contributed by atoms with van der Waals surface area (Å²) in [5.74, 6) is 0.0668. The molecule has 4 nitrogen and oxygen atoms in total. The van der Waals surface area contributed by atoms with Gasteiger partial charge in [0.1, 0.15) is 0 Å². The lowest BCUT2D eigenvalue weighted by atomic mass is 9.98. The van der Waals surface area contributed by atoms with Gasteiger partial charge in [-0.2, -0.15) is 0 Å². The van der Waals surface area contributed by atoms with Crippen molar-refractivity contribution in [2.45, 2.75) is 19.3 Å². The Bertz CT molecular complexity index is 1290. The lowest BCUT2D eigenvalue weighted by Crippen LogP contribution is -2.36. The Hall–Kier alpha value is -3.54. The largest absolute Gasteiger partial charge is 0.378 e. The van der Waals surface area contributed by atoms with Crippen LogP contribution in [0, 0.1) is 0 Å². The SMILES string of the molecule is O=C(Cc1ccc(C(=O)c2ccc(CCc3cccs3)cc2)cc1)c1ccc(N2CCOCC2)cc1. The van der Waals surface area contributed by atoms with Gasteiger partial charge in [0.15, 0.2) is 11.6 Å². The molecular formula is C31H29NO3S. The van der Waals surface area contributed by atoms with E-state index in [9.17, 15) is 9.59 Å². The van der Waals surface area contributed by atoms with Gasteiger partial charge in [-0.3, -0.25) is 9.59 Å². The van der Waals surface area contributed by atoms with Crippen LogP contribution in [0.1, 0.15) is 42.3 Å². The van der Waals surface area contributed by atoms with Crippen molar-refractivity contribution in [2.24, 2.45) is 0 Å². The smallest absolute Gasteiger partial charge is 0.193 e. The first-order chi connectivity index (χ1) is 17.7. The van der Waals surface area contributed by atoms with Crippen molar-refractivity contribution in [3.8, 4) is 0 Å². The van der Waals surface area contributed by atoms with Crippen molar-refractivity contribution < 1.29 is 14.3 Å². The highest BCUT2D eigenvalue weighted by Gasteiger charge is 2.14. The van der Waals surface area contributed by atoms with Crippen LogP contribution in [0.5, 0.6) is 0 Å². The molecule has 0 bridgehead atoms. The minimum atomic E-state index is -0.00335. The Morgan fingerprint density at radius 2 is 1.33 bits per heavy atom. The Labute approximate surface area is 216 Å². The summed E-state index contributed by atoms with van der Waals surface area (Å²) in [6.45, 7) is 3.22. The number of thiophene rings is 1. The molecule has 1 aromatic heterocycles. The summed E-state index contributed by atoms with van der Waals surface area (Å²) in [4.78, 5) is 29.4. The minimum Gasteiger partial charge on any atom is -0.378 e. The van der Waals surface area contributed by atoms with Crippen LogP contribution < -0.4 is 4.90 Å². The van der Waals surface area contributed by atoms with Crippen molar-refractivity contribution in [2.75, 3.05) is 31.2 Å². The van der Waals surface area contributed by atoms with Gasteiger partial charge in [0.2, 0.25) is 0 Å². The molecule has 0 aliphatic carbocycles. The number of carbonyl (C=O) groups is 2. The number of ether oxygens (including phenoxy) is 1. The third-order valence-corrected chi connectivity index (χ3v) is 7.54. The Morgan fingerprint density at radius 1 is 0.722 bits per heavy atom. The standard InChI is InChI=1S/C31H29NO3S/c33-30(25-12-14-28(15-13-25)32-17-19-35-20-18-32)22-24-5-10-27(11-6-24)31(34)26-8-3-23(4-9-26)7-16-29-2-1-21-36-29/h1-6,8-15,21H,7,16-20,22H2. The van der Waals surface area contributed by atoms with Crippen molar-refractivity contribution in [1.82, 2.24) is 0 Å². The van der Waals surface area contributed by atoms with E-state index in [2.05, 4.69) is 22.4 Å². The molecule has 182 valence electrons. The van der Waals surface area contributed by atoms with Gasteiger partial charge in [-0.15, -0.1) is 11.3 Å². The van der Waals surface area contributed by atoms with Gasteiger partial charge in [0.05, 0.1) is 13.2 Å². The molecular weight excluding hydrogens is 466 g/mol. The van der Waals surface area contributed by atoms with Crippen LogP contribution in [0.3, 0.4) is 0 Å². The maximum atomic E-state index is 12.9. The highest BCUT2D eigenvalue weighted by atomic mass is 32.1. The second kappa shape index (κ2) is 11.5. The van der Waals surface area contributed by atoms with Crippen LogP contribution in [-0.2, 0) is 24.0 Å². The molecule has 1 saturated heterocycles. The van der Waals surface area contributed by atoms with E-state index in [1.165, 1.54) is 10.4 Å². The lowest BCUT2D eigenvalue weighted by molar-refractivity contribution is 0.0992. The number of Topliss-reactive ketones (excluding diaryl/α,β-unsaturated/α-hetero) is 1. The molecule has 0 radical (unpaired) electrons. The monoisotopic (exact) mass is 495 g/mol. The average Bonchev–Trinajstić information content (AvgIpc) is 3.47. The Morgan fingerprint density at radius 3 is 1.94 bits per heavy atom. The minimum absolute atomic E-state index is 0.00335. The van der Waals surface area contributed by atoms with Crippen LogP contribution in [0.2, 0.25) is 0 Å². The van der Waals surface area contributed by atoms with Crippen LogP contribution in [0.25, 0.3) is 0 Å². The molecule has 0 N–H and O–H groups in total. The summed E-state index contributed by atoms with van der Waals surface area (Å²) in [6, 6.07) is 27.3. The lowest BCUT2D eigenvalue weighted by Gasteiger charge is -2.28. The number of morpholine rings is 1. The van der Waals surface area contributed by atoms with E-state index in [-0.39, 0.29) is 11.6 Å². The molecule has 0 saturated carbocycles. The molecule has 5 rings (SSSR count). The van der Waals surface area contributed by atoms with Gasteiger partial charge in [-0.25, -0.2) is 0 Å². The van der Waals surface area contributed by atoms with E-state index in [4.69, 9.17) is 4.74 Å². The van der Waals surface area contributed by atoms with E-state index < -0.39 is 0 Å². The first kappa shape index (κ1) is 24.2. The molecule has 0 unspecified atom stereocenters. The van der Waals surface area contributed by atoms with E-state index in [0.717, 1.165) is 50.4 Å². The summed E-state index contributed by atoms with van der Waals surface area (Å²) >= 11 is 1.78. The normalized spacial score (nSPS) is 13.5. The average molecular weight is 496 g/mol. The number of hydrogen-bond donors (Lipinski definition) is 0. The summed E-state index contributed by atoms with van der Waals surface area (Å²) in [5, 5.41) is 2.10. The number of benzene rings is 3. The Kier molecular flexibility index (Phi) is 7.70. The fourth-order valence-corrected chi connectivity index (χ4v) is 5.16. The highest BCUT2D eigenvalue weighted by Crippen LogP contribution is 2.19. The van der Waals surface area contributed by atoms with Crippen LogP contribution in [-0.4, -0.2) is 37.9 Å². The van der Waals surface area contributed by atoms with Gasteiger partial charge >= 0.3 is 0 Å². The third-order valence-electron chi connectivity index (χ3n) is 6.60. The van der Waals surface area contributed by atoms with E-state index in [0.29, 0.717) is 23.1 Å². The van der Waals surface area contributed by atoms with Gasteiger partial charge < -0.3 is 9.64 Å². The molecule has 2 heterocycles. The van der Waals surface area contributed by atoms with Gasteiger partial charge in [-0.1, -0.05) is 54.6 Å². The third kappa shape index (κ3) is 5.99. The molecule has 0 amide bonds. The molecule has 0 atom stereocenters. The fraction of sp³-hybridized carbons (Fsp3) is 0.226.